The van der Waals surface area contributed by atoms with Crippen molar-refractivity contribution in [1.29, 1.82) is 0 Å². The Morgan fingerprint density at radius 1 is 1.35 bits per heavy atom. The van der Waals surface area contributed by atoms with Crippen molar-refractivity contribution in [1.82, 2.24) is 15.5 Å². The molecule has 0 amide bonds. The Labute approximate surface area is 124 Å². The van der Waals surface area contributed by atoms with Gasteiger partial charge >= 0.3 is 0 Å². The molecular weight excluding hydrogens is 270 g/mol. The van der Waals surface area contributed by atoms with E-state index in [1.807, 2.05) is 0 Å². The van der Waals surface area contributed by atoms with E-state index >= 15 is 0 Å². The first kappa shape index (κ1) is 15.2. The maximum absolute atomic E-state index is 5.50. The van der Waals surface area contributed by atoms with Crippen molar-refractivity contribution in [3.8, 4) is 11.4 Å². The fourth-order valence-corrected chi connectivity index (χ4v) is 3.17. The molecule has 0 aliphatic carbocycles. The highest BCUT2D eigenvalue weighted by molar-refractivity contribution is 7.08. The number of hydrogen-bond donors (Lipinski definition) is 1. The Hall–Kier alpha value is -1.20. The van der Waals surface area contributed by atoms with Crippen molar-refractivity contribution in [2.45, 2.75) is 52.5 Å². The summed E-state index contributed by atoms with van der Waals surface area (Å²) in [4.78, 5) is 4.60. The molecule has 0 saturated carbocycles. The summed E-state index contributed by atoms with van der Waals surface area (Å²) in [5.74, 6) is 1.71. The summed E-state index contributed by atoms with van der Waals surface area (Å²) in [5, 5.41) is 11.8. The van der Waals surface area contributed by atoms with Gasteiger partial charge in [-0.1, -0.05) is 19.0 Å². The third-order valence-electron chi connectivity index (χ3n) is 3.62. The summed E-state index contributed by atoms with van der Waals surface area (Å²) in [7, 11) is 0. The minimum Gasteiger partial charge on any atom is -0.339 e. The summed E-state index contributed by atoms with van der Waals surface area (Å²) < 4.78 is 5.50. The van der Waals surface area contributed by atoms with E-state index in [4.69, 9.17) is 4.52 Å². The van der Waals surface area contributed by atoms with Gasteiger partial charge in [0.1, 0.15) is 0 Å². The van der Waals surface area contributed by atoms with Gasteiger partial charge in [0.2, 0.25) is 11.7 Å². The van der Waals surface area contributed by atoms with E-state index in [9.17, 15) is 0 Å². The fourth-order valence-electron chi connectivity index (χ4n) is 2.34. The molecule has 4 nitrogen and oxygen atoms in total. The van der Waals surface area contributed by atoms with Gasteiger partial charge in [0, 0.05) is 17.0 Å². The van der Waals surface area contributed by atoms with Gasteiger partial charge in [-0.25, -0.2) is 0 Å². The molecule has 110 valence electrons. The van der Waals surface area contributed by atoms with Gasteiger partial charge in [-0.2, -0.15) is 16.3 Å². The van der Waals surface area contributed by atoms with Gasteiger partial charge in [0.05, 0.1) is 5.92 Å². The first-order chi connectivity index (χ1) is 9.67. The molecule has 2 aromatic heterocycles. The maximum Gasteiger partial charge on any atom is 0.231 e. The number of nitrogens with one attached hydrogen (secondary N) is 1. The minimum absolute atomic E-state index is 0.266. The largest absolute Gasteiger partial charge is 0.339 e. The Kier molecular flexibility index (Phi) is 5.31. The SMILES string of the molecule is CCCNC(C)C(CC)c1nc(-c2cscc2C)no1. The monoisotopic (exact) mass is 293 g/mol. The van der Waals surface area contributed by atoms with Crippen LogP contribution in [0, 0.1) is 6.92 Å². The molecule has 0 fully saturated rings. The maximum atomic E-state index is 5.50. The highest BCUT2D eigenvalue weighted by Crippen LogP contribution is 2.28. The lowest BCUT2D eigenvalue weighted by Gasteiger charge is -2.20. The molecule has 0 radical (unpaired) electrons. The molecule has 0 aliphatic rings. The Balaban J connectivity index is 2.16. The average Bonchev–Trinajstić information content (AvgIpc) is 3.06. The molecule has 0 spiro atoms. The summed E-state index contributed by atoms with van der Waals surface area (Å²) >= 11 is 1.67. The minimum atomic E-state index is 0.266. The molecule has 2 aromatic rings. The number of nitrogens with zero attached hydrogens (tertiary/aromatic N) is 2. The van der Waals surface area contributed by atoms with Crippen LogP contribution in [0.25, 0.3) is 11.4 Å². The second-order valence-electron chi connectivity index (χ2n) is 5.18. The number of aryl methyl sites for hydroxylation is 1. The van der Waals surface area contributed by atoms with Gasteiger partial charge in [-0.15, -0.1) is 0 Å². The molecule has 2 unspecified atom stereocenters. The van der Waals surface area contributed by atoms with Crippen molar-refractivity contribution < 1.29 is 4.52 Å². The lowest BCUT2D eigenvalue weighted by molar-refractivity contribution is 0.316. The van der Waals surface area contributed by atoms with Crippen molar-refractivity contribution in [2.24, 2.45) is 0 Å². The Morgan fingerprint density at radius 3 is 2.75 bits per heavy atom. The highest BCUT2D eigenvalue weighted by Gasteiger charge is 2.24. The third-order valence-corrected chi connectivity index (χ3v) is 4.48. The van der Waals surface area contributed by atoms with Gasteiger partial charge in [-0.05, 0) is 44.2 Å². The van der Waals surface area contributed by atoms with E-state index in [0.717, 1.165) is 30.8 Å². The fraction of sp³-hybridized carbons (Fsp3) is 0.600. The molecule has 5 heteroatoms. The molecular formula is C15H23N3OS. The van der Waals surface area contributed by atoms with Crippen LogP contribution < -0.4 is 5.32 Å². The molecule has 2 atom stereocenters. The van der Waals surface area contributed by atoms with E-state index in [2.05, 4.69) is 53.9 Å². The van der Waals surface area contributed by atoms with Crippen LogP contribution in [0.4, 0.5) is 0 Å². The lowest BCUT2D eigenvalue weighted by Crippen LogP contribution is -2.32. The van der Waals surface area contributed by atoms with Gasteiger partial charge in [-0.3, -0.25) is 0 Å². The first-order valence-electron chi connectivity index (χ1n) is 7.27. The van der Waals surface area contributed by atoms with Crippen LogP contribution in [0.5, 0.6) is 0 Å². The molecule has 0 aliphatic heterocycles. The first-order valence-corrected chi connectivity index (χ1v) is 8.21. The van der Waals surface area contributed by atoms with Crippen molar-refractivity contribution in [3.63, 3.8) is 0 Å². The van der Waals surface area contributed by atoms with Crippen LogP contribution in [0.2, 0.25) is 0 Å². The van der Waals surface area contributed by atoms with E-state index in [-0.39, 0.29) is 5.92 Å². The second kappa shape index (κ2) is 6.99. The molecule has 0 bridgehead atoms. The number of aromatic nitrogens is 2. The van der Waals surface area contributed by atoms with E-state index in [1.165, 1.54) is 5.56 Å². The second-order valence-corrected chi connectivity index (χ2v) is 5.93. The molecule has 2 rings (SSSR count). The van der Waals surface area contributed by atoms with Crippen molar-refractivity contribution in [2.75, 3.05) is 6.54 Å². The summed E-state index contributed by atoms with van der Waals surface area (Å²) in [6.07, 6.45) is 2.12. The predicted octanol–water partition coefficient (Wildman–Crippen LogP) is 3.99. The predicted molar refractivity (Wildman–Crippen MR) is 83.1 cm³/mol. The molecule has 0 aromatic carbocycles. The topological polar surface area (TPSA) is 51.0 Å². The smallest absolute Gasteiger partial charge is 0.231 e. The highest BCUT2D eigenvalue weighted by atomic mass is 32.1. The molecule has 2 heterocycles. The normalized spacial score (nSPS) is 14.4. The number of thiophene rings is 1. The third kappa shape index (κ3) is 3.27. The molecule has 1 N–H and O–H groups in total. The Bertz CT molecular complexity index is 535. The number of rotatable bonds is 7. The van der Waals surface area contributed by atoms with Crippen LogP contribution in [-0.2, 0) is 0 Å². The van der Waals surface area contributed by atoms with Crippen LogP contribution >= 0.6 is 11.3 Å². The van der Waals surface area contributed by atoms with Crippen LogP contribution in [0.3, 0.4) is 0 Å². The van der Waals surface area contributed by atoms with E-state index in [1.54, 1.807) is 11.3 Å². The quantitative estimate of drug-likeness (QED) is 0.838. The van der Waals surface area contributed by atoms with Crippen molar-refractivity contribution in [3.05, 3.63) is 22.2 Å². The van der Waals surface area contributed by atoms with Crippen LogP contribution in [0.15, 0.2) is 15.3 Å². The zero-order valence-corrected chi connectivity index (χ0v) is 13.5. The molecule has 0 saturated heterocycles. The van der Waals surface area contributed by atoms with Gasteiger partial charge in [0.25, 0.3) is 0 Å². The van der Waals surface area contributed by atoms with Gasteiger partial charge < -0.3 is 9.84 Å². The van der Waals surface area contributed by atoms with Gasteiger partial charge in [0.15, 0.2) is 0 Å². The van der Waals surface area contributed by atoms with E-state index in [0.29, 0.717) is 11.9 Å². The zero-order chi connectivity index (χ0) is 14.5. The van der Waals surface area contributed by atoms with E-state index < -0.39 is 0 Å². The standard InChI is InChI=1S/C15H23N3OS/c1-5-7-16-11(4)12(6-2)15-17-14(18-19-15)13-9-20-8-10(13)3/h8-9,11-12,16H,5-7H2,1-4H3. The zero-order valence-electron chi connectivity index (χ0n) is 12.6. The number of hydrogen-bond acceptors (Lipinski definition) is 5. The van der Waals surface area contributed by atoms with Crippen LogP contribution in [-0.4, -0.2) is 22.7 Å². The van der Waals surface area contributed by atoms with Crippen LogP contribution in [0.1, 0.15) is 51.0 Å². The summed E-state index contributed by atoms with van der Waals surface area (Å²) in [6.45, 7) is 9.61. The summed E-state index contributed by atoms with van der Waals surface area (Å²) in [6, 6.07) is 0.344. The Morgan fingerprint density at radius 2 is 2.15 bits per heavy atom. The average molecular weight is 293 g/mol. The summed E-state index contributed by atoms with van der Waals surface area (Å²) in [5.41, 5.74) is 2.28. The van der Waals surface area contributed by atoms with Crippen molar-refractivity contribution >= 4 is 11.3 Å². The lowest BCUT2D eigenvalue weighted by atomic mass is 9.98. The molecule has 20 heavy (non-hydrogen) atoms.